The molecule has 0 aliphatic rings. The summed E-state index contributed by atoms with van der Waals surface area (Å²) in [5, 5.41) is 8.76. The van der Waals surface area contributed by atoms with Gasteiger partial charge in [-0.25, -0.2) is 4.79 Å². The Balaban J connectivity index is 2.70. The van der Waals surface area contributed by atoms with Crippen LogP contribution < -0.4 is 0 Å². The minimum Gasteiger partial charge on any atom is -0.478 e. The molecule has 0 fully saturated rings. The van der Waals surface area contributed by atoms with E-state index in [1.54, 1.807) is 18.2 Å². The molecule has 0 aliphatic carbocycles. The van der Waals surface area contributed by atoms with Gasteiger partial charge in [0.1, 0.15) is 0 Å². The summed E-state index contributed by atoms with van der Waals surface area (Å²) in [4.78, 5) is 10.7. The first kappa shape index (κ1) is 12.2. The zero-order chi connectivity index (χ0) is 11.3. The Kier molecular flexibility index (Phi) is 4.78. The van der Waals surface area contributed by atoms with E-state index in [1.807, 2.05) is 6.92 Å². The van der Waals surface area contributed by atoms with Gasteiger partial charge in [-0.15, -0.1) is 0 Å². The van der Waals surface area contributed by atoms with Gasteiger partial charge in [0, 0.05) is 11.1 Å². The fourth-order valence-corrected chi connectivity index (χ4v) is 1.62. The zero-order valence-electron chi connectivity index (χ0n) is 8.50. The molecular weight excluding hydrogens is 260 g/mol. The lowest BCUT2D eigenvalue weighted by molar-refractivity contribution is 0.0696. The van der Waals surface area contributed by atoms with Crippen LogP contribution in [0.1, 0.15) is 29.3 Å². The second-order valence-corrected chi connectivity index (χ2v) is 4.02. The van der Waals surface area contributed by atoms with Crippen LogP contribution in [0.2, 0.25) is 0 Å². The molecule has 0 amide bonds. The van der Waals surface area contributed by atoms with Crippen molar-refractivity contribution in [2.24, 2.45) is 0 Å². The van der Waals surface area contributed by atoms with Crippen LogP contribution in [0.25, 0.3) is 0 Å². The summed E-state index contributed by atoms with van der Waals surface area (Å²) in [6.07, 6.45) is 0.977. The molecule has 1 rings (SSSR count). The third kappa shape index (κ3) is 3.64. The van der Waals surface area contributed by atoms with Crippen molar-refractivity contribution >= 4 is 21.9 Å². The first-order chi connectivity index (χ1) is 7.15. The van der Waals surface area contributed by atoms with Crippen LogP contribution in [-0.4, -0.2) is 17.7 Å². The molecule has 0 aromatic heterocycles. The summed E-state index contributed by atoms with van der Waals surface area (Å²) in [6, 6.07) is 4.94. The van der Waals surface area contributed by atoms with Gasteiger partial charge in [0.2, 0.25) is 0 Å². The van der Waals surface area contributed by atoms with Gasteiger partial charge in [0.15, 0.2) is 0 Å². The maximum atomic E-state index is 10.7. The molecule has 82 valence electrons. The van der Waals surface area contributed by atoms with Crippen molar-refractivity contribution in [2.45, 2.75) is 20.0 Å². The summed E-state index contributed by atoms with van der Waals surface area (Å²) in [5.41, 5.74) is 1.24. The fraction of sp³-hybridized carbons (Fsp3) is 0.364. The Bertz CT molecular complexity index is 350. The predicted octanol–water partition coefficient (Wildman–Crippen LogP) is 3.07. The number of carboxylic acids is 1. The highest BCUT2D eigenvalue weighted by atomic mass is 79.9. The summed E-state index contributed by atoms with van der Waals surface area (Å²) >= 11 is 3.32. The molecule has 0 spiro atoms. The topological polar surface area (TPSA) is 46.5 Å². The second kappa shape index (κ2) is 5.88. The molecule has 0 heterocycles. The number of carbonyl (C=O) groups is 1. The zero-order valence-corrected chi connectivity index (χ0v) is 10.1. The van der Waals surface area contributed by atoms with E-state index in [1.165, 1.54) is 0 Å². The Labute approximate surface area is 97.2 Å². The standard InChI is InChI=1S/C11H13BrO3/c1-2-5-15-7-9-4-3-8(11(13)14)6-10(9)12/h3-4,6H,2,5,7H2,1H3,(H,13,14). The second-order valence-electron chi connectivity index (χ2n) is 3.16. The Hall–Kier alpha value is -0.870. The third-order valence-electron chi connectivity index (χ3n) is 1.91. The summed E-state index contributed by atoms with van der Waals surface area (Å²) in [7, 11) is 0. The minimum atomic E-state index is -0.920. The number of halogens is 1. The van der Waals surface area contributed by atoms with Gasteiger partial charge in [0.05, 0.1) is 12.2 Å². The molecular formula is C11H13BrO3. The van der Waals surface area contributed by atoms with Gasteiger partial charge >= 0.3 is 5.97 Å². The summed E-state index contributed by atoms with van der Waals surface area (Å²) in [5.74, 6) is -0.920. The molecule has 0 saturated heterocycles. The number of hydrogen-bond acceptors (Lipinski definition) is 2. The van der Waals surface area contributed by atoms with Crippen molar-refractivity contribution in [3.05, 3.63) is 33.8 Å². The van der Waals surface area contributed by atoms with Crippen molar-refractivity contribution in [3.8, 4) is 0 Å². The van der Waals surface area contributed by atoms with Crippen LogP contribution in [0.15, 0.2) is 22.7 Å². The molecule has 1 aromatic rings. The first-order valence-electron chi connectivity index (χ1n) is 4.74. The molecule has 0 radical (unpaired) electrons. The van der Waals surface area contributed by atoms with Crippen LogP contribution in [0.3, 0.4) is 0 Å². The molecule has 0 saturated carbocycles. The van der Waals surface area contributed by atoms with Crippen LogP contribution in [0.4, 0.5) is 0 Å². The summed E-state index contributed by atoms with van der Waals surface area (Å²) < 4.78 is 6.15. The van der Waals surface area contributed by atoms with E-state index in [0.717, 1.165) is 16.5 Å². The quantitative estimate of drug-likeness (QED) is 0.838. The van der Waals surface area contributed by atoms with Crippen molar-refractivity contribution in [3.63, 3.8) is 0 Å². The average Bonchev–Trinajstić information content (AvgIpc) is 2.20. The number of hydrogen-bond donors (Lipinski definition) is 1. The first-order valence-corrected chi connectivity index (χ1v) is 5.54. The normalized spacial score (nSPS) is 10.3. The number of carboxylic acid groups (broad SMARTS) is 1. The van der Waals surface area contributed by atoms with Crippen molar-refractivity contribution in [1.82, 2.24) is 0 Å². The Morgan fingerprint density at radius 2 is 2.27 bits per heavy atom. The largest absolute Gasteiger partial charge is 0.478 e. The molecule has 0 atom stereocenters. The molecule has 15 heavy (non-hydrogen) atoms. The van der Waals surface area contributed by atoms with Gasteiger partial charge in [0.25, 0.3) is 0 Å². The van der Waals surface area contributed by atoms with E-state index in [0.29, 0.717) is 13.2 Å². The number of benzene rings is 1. The number of rotatable bonds is 5. The van der Waals surface area contributed by atoms with Crippen molar-refractivity contribution in [2.75, 3.05) is 6.61 Å². The molecule has 1 aromatic carbocycles. The lowest BCUT2D eigenvalue weighted by Gasteiger charge is -2.06. The Morgan fingerprint density at radius 1 is 1.53 bits per heavy atom. The molecule has 0 bridgehead atoms. The highest BCUT2D eigenvalue weighted by Gasteiger charge is 2.06. The Morgan fingerprint density at radius 3 is 2.80 bits per heavy atom. The van der Waals surface area contributed by atoms with Gasteiger partial charge < -0.3 is 9.84 Å². The van der Waals surface area contributed by atoms with E-state index < -0.39 is 5.97 Å². The van der Waals surface area contributed by atoms with Gasteiger partial charge in [-0.3, -0.25) is 0 Å². The maximum Gasteiger partial charge on any atom is 0.335 e. The molecule has 3 nitrogen and oxygen atoms in total. The lowest BCUT2D eigenvalue weighted by Crippen LogP contribution is -1.99. The van der Waals surface area contributed by atoms with Crippen LogP contribution in [0.5, 0.6) is 0 Å². The fourth-order valence-electron chi connectivity index (χ4n) is 1.12. The van der Waals surface area contributed by atoms with E-state index in [2.05, 4.69) is 15.9 Å². The van der Waals surface area contributed by atoms with Gasteiger partial charge in [-0.1, -0.05) is 28.9 Å². The predicted molar refractivity (Wildman–Crippen MR) is 61.0 cm³/mol. The monoisotopic (exact) mass is 272 g/mol. The van der Waals surface area contributed by atoms with E-state index in [4.69, 9.17) is 9.84 Å². The highest BCUT2D eigenvalue weighted by molar-refractivity contribution is 9.10. The number of ether oxygens (including phenoxy) is 1. The summed E-state index contributed by atoms with van der Waals surface area (Å²) in [6.45, 7) is 3.27. The van der Waals surface area contributed by atoms with Crippen LogP contribution in [0, 0.1) is 0 Å². The van der Waals surface area contributed by atoms with Crippen LogP contribution >= 0.6 is 15.9 Å². The van der Waals surface area contributed by atoms with Crippen molar-refractivity contribution < 1.29 is 14.6 Å². The van der Waals surface area contributed by atoms with E-state index in [-0.39, 0.29) is 5.56 Å². The average molecular weight is 273 g/mol. The SMILES string of the molecule is CCCOCc1ccc(C(=O)O)cc1Br. The lowest BCUT2D eigenvalue weighted by atomic mass is 10.1. The van der Waals surface area contributed by atoms with E-state index in [9.17, 15) is 4.79 Å². The minimum absolute atomic E-state index is 0.279. The van der Waals surface area contributed by atoms with E-state index >= 15 is 0 Å². The molecule has 0 unspecified atom stereocenters. The molecule has 4 heteroatoms. The van der Waals surface area contributed by atoms with Gasteiger partial charge in [-0.2, -0.15) is 0 Å². The molecule has 0 aliphatic heterocycles. The number of aromatic carboxylic acids is 1. The smallest absolute Gasteiger partial charge is 0.335 e. The van der Waals surface area contributed by atoms with Gasteiger partial charge in [-0.05, 0) is 24.1 Å². The maximum absolute atomic E-state index is 10.7. The highest BCUT2D eigenvalue weighted by Crippen LogP contribution is 2.19. The third-order valence-corrected chi connectivity index (χ3v) is 2.64. The molecule has 1 N–H and O–H groups in total. The van der Waals surface area contributed by atoms with Crippen molar-refractivity contribution in [1.29, 1.82) is 0 Å². The van der Waals surface area contributed by atoms with Crippen LogP contribution in [-0.2, 0) is 11.3 Å².